The van der Waals surface area contributed by atoms with E-state index in [1.165, 1.54) is 12.1 Å². The van der Waals surface area contributed by atoms with Crippen LogP contribution in [0.3, 0.4) is 0 Å². The molecule has 0 saturated carbocycles. The number of halogens is 1. The number of amides is 1. The average molecular weight is 356 g/mol. The molecule has 2 fully saturated rings. The van der Waals surface area contributed by atoms with Crippen LogP contribution in [0, 0.1) is 5.82 Å². The van der Waals surface area contributed by atoms with Crippen molar-refractivity contribution in [1.29, 1.82) is 0 Å². The first-order valence-electron chi connectivity index (χ1n) is 8.74. The number of carbonyl (C=O) groups is 1. The molecule has 1 amide bonds. The Hall–Kier alpha value is -2.38. The van der Waals surface area contributed by atoms with E-state index in [-0.39, 0.29) is 24.4 Å². The van der Waals surface area contributed by atoms with Crippen molar-refractivity contribution in [3.63, 3.8) is 0 Å². The molecule has 0 aliphatic carbocycles. The molecule has 6 nitrogen and oxygen atoms in total. The van der Waals surface area contributed by atoms with E-state index >= 15 is 0 Å². The molecule has 4 rings (SSSR count). The molecule has 0 radical (unpaired) electrons. The Balaban J connectivity index is 1.55. The van der Waals surface area contributed by atoms with Gasteiger partial charge in [0.1, 0.15) is 12.4 Å². The lowest BCUT2D eigenvalue weighted by atomic mass is 9.85. The summed E-state index contributed by atoms with van der Waals surface area (Å²) in [4.78, 5) is 25.0. The number of nitrogens with zero attached hydrogens (tertiary/aromatic N) is 4. The zero-order chi connectivity index (χ0) is 18.1. The second kappa shape index (κ2) is 6.74. The number of fused-ring (bicyclic) bond motifs is 1. The number of rotatable bonds is 3. The van der Waals surface area contributed by atoms with Crippen LogP contribution in [0.15, 0.2) is 42.9 Å². The van der Waals surface area contributed by atoms with Gasteiger partial charge in [0.25, 0.3) is 5.91 Å². The molecular weight excluding hydrogens is 335 g/mol. The molecule has 2 aliphatic rings. The van der Waals surface area contributed by atoms with Gasteiger partial charge in [0, 0.05) is 43.9 Å². The van der Waals surface area contributed by atoms with Gasteiger partial charge in [0.05, 0.1) is 17.3 Å². The third kappa shape index (κ3) is 3.20. The SMILES string of the molecule is C[C@@]12CN(Cc3cnccn3)CC[C@H]1N(c1ccc(F)cc1)C(=O)CO2. The highest BCUT2D eigenvalue weighted by Crippen LogP contribution is 2.36. The number of hydrogen-bond acceptors (Lipinski definition) is 5. The summed E-state index contributed by atoms with van der Waals surface area (Å²) in [6.45, 7) is 4.29. The van der Waals surface area contributed by atoms with Crippen LogP contribution in [0.1, 0.15) is 19.0 Å². The summed E-state index contributed by atoms with van der Waals surface area (Å²) >= 11 is 0. The summed E-state index contributed by atoms with van der Waals surface area (Å²) in [5, 5.41) is 0. The Bertz CT molecular complexity index is 786. The summed E-state index contributed by atoms with van der Waals surface area (Å²) in [5.74, 6) is -0.391. The van der Waals surface area contributed by atoms with Crippen LogP contribution in [0.25, 0.3) is 0 Å². The van der Waals surface area contributed by atoms with E-state index in [9.17, 15) is 9.18 Å². The third-order valence-corrected chi connectivity index (χ3v) is 5.17. The second-order valence-corrected chi connectivity index (χ2v) is 7.05. The molecule has 26 heavy (non-hydrogen) atoms. The average Bonchev–Trinajstić information content (AvgIpc) is 2.64. The molecule has 1 aromatic heterocycles. The number of carbonyl (C=O) groups excluding carboxylic acids is 1. The van der Waals surface area contributed by atoms with Crippen LogP contribution in [0.4, 0.5) is 10.1 Å². The predicted molar refractivity (Wildman–Crippen MR) is 94.0 cm³/mol. The van der Waals surface area contributed by atoms with Crippen molar-refractivity contribution >= 4 is 11.6 Å². The fourth-order valence-electron chi connectivity index (χ4n) is 3.95. The number of anilines is 1. The predicted octanol–water partition coefficient (Wildman–Crippen LogP) is 2.01. The number of aromatic nitrogens is 2. The number of piperidine rings is 1. The lowest BCUT2D eigenvalue weighted by Crippen LogP contribution is -2.67. The second-order valence-electron chi connectivity index (χ2n) is 7.05. The van der Waals surface area contributed by atoms with Crippen LogP contribution in [-0.4, -0.2) is 52.1 Å². The molecule has 0 spiro atoms. The maximum atomic E-state index is 13.3. The minimum absolute atomic E-state index is 0.0311. The largest absolute Gasteiger partial charge is 0.362 e. The molecule has 2 atom stereocenters. The van der Waals surface area contributed by atoms with Gasteiger partial charge in [0.15, 0.2) is 0 Å². The standard InChI is InChI=1S/C19H21FN4O2/c1-19-13-23(11-15-10-21-7-8-22-15)9-6-17(19)24(18(25)12-26-19)16-4-2-14(20)3-5-16/h2-5,7-8,10,17H,6,9,11-13H2,1H3/t17-,19-/m1/s1. The number of ether oxygens (including phenoxy) is 1. The van der Waals surface area contributed by atoms with E-state index in [0.29, 0.717) is 13.1 Å². The normalized spacial score (nSPS) is 26.6. The maximum absolute atomic E-state index is 13.3. The van der Waals surface area contributed by atoms with Crippen molar-refractivity contribution in [2.24, 2.45) is 0 Å². The van der Waals surface area contributed by atoms with Gasteiger partial charge in [0.2, 0.25) is 0 Å². The van der Waals surface area contributed by atoms with Gasteiger partial charge in [-0.1, -0.05) is 0 Å². The van der Waals surface area contributed by atoms with E-state index in [4.69, 9.17) is 4.74 Å². The molecule has 2 saturated heterocycles. The van der Waals surface area contributed by atoms with Gasteiger partial charge >= 0.3 is 0 Å². The zero-order valence-electron chi connectivity index (χ0n) is 14.6. The summed E-state index contributed by atoms with van der Waals surface area (Å²) in [6.07, 6.45) is 5.90. The van der Waals surface area contributed by atoms with Crippen molar-refractivity contribution in [1.82, 2.24) is 14.9 Å². The summed E-state index contributed by atoms with van der Waals surface area (Å²) in [5.41, 5.74) is 1.15. The van der Waals surface area contributed by atoms with Gasteiger partial charge < -0.3 is 9.64 Å². The van der Waals surface area contributed by atoms with E-state index in [0.717, 1.165) is 24.3 Å². The third-order valence-electron chi connectivity index (χ3n) is 5.17. The smallest absolute Gasteiger partial charge is 0.253 e. The zero-order valence-corrected chi connectivity index (χ0v) is 14.6. The van der Waals surface area contributed by atoms with Gasteiger partial charge in [-0.2, -0.15) is 0 Å². The molecule has 0 unspecified atom stereocenters. The fourth-order valence-corrected chi connectivity index (χ4v) is 3.95. The molecule has 1 aromatic carbocycles. The molecule has 0 bridgehead atoms. The summed E-state index contributed by atoms with van der Waals surface area (Å²) < 4.78 is 19.3. The van der Waals surface area contributed by atoms with Crippen LogP contribution in [0.2, 0.25) is 0 Å². The number of hydrogen-bond donors (Lipinski definition) is 0. The van der Waals surface area contributed by atoms with Crippen LogP contribution in [0.5, 0.6) is 0 Å². The Morgan fingerprint density at radius 2 is 2.12 bits per heavy atom. The Labute approximate surface area is 151 Å². The van der Waals surface area contributed by atoms with Crippen molar-refractivity contribution in [3.05, 3.63) is 54.4 Å². The minimum Gasteiger partial charge on any atom is -0.362 e. The van der Waals surface area contributed by atoms with Crippen molar-refractivity contribution in [2.45, 2.75) is 31.5 Å². The first-order valence-corrected chi connectivity index (χ1v) is 8.74. The first kappa shape index (κ1) is 17.1. The monoisotopic (exact) mass is 356 g/mol. The number of benzene rings is 1. The number of morpholine rings is 1. The highest BCUT2D eigenvalue weighted by Gasteiger charge is 2.49. The Kier molecular flexibility index (Phi) is 4.42. The van der Waals surface area contributed by atoms with Gasteiger partial charge in [-0.05, 0) is 37.6 Å². The molecule has 2 aromatic rings. The molecule has 2 aliphatic heterocycles. The Morgan fingerprint density at radius 1 is 1.31 bits per heavy atom. The van der Waals surface area contributed by atoms with Gasteiger partial charge in [-0.3, -0.25) is 19.7 Å². The first-order chi connectivity index (χ1) is 12.5. The van der Waals surface area contributed by atoms with E-state index in [1.54, 1.807) is 35.6 Å². The van der Waals surface area contributed by atoms with E-state index in [2.05, 4.69) is 14.9 Å². The van der Waals surface area contributed by atoms with Crippen LogP contribution in [-0.2, 0) is 16.1 Å². The van der Waals surface area contributed by atoms with Crippen LogP contribution >= 0.6 is 0 Å². The molecule has 0 N–H and O–H groups in total. The van der Waals surface area contributed by atoms with E-state index < -0.39 is 5.60 Å². The molecule has 136 valence electrons. The molecule has 3 heterocycles. The Morgan fingerprint density at radius 3 is 2.85 bits per heavy atom. The minimum atomic E-state index is -0.483. The lowest BCUT2D eigenvalue weighted by molar-refractivity contribution is -0.152. The van der Waals surface area contributed by atoms with Crippen LogP contribution < -0.4 is 4.90 Å². The highest BCUT2D eigenvalue weighted by atomic mass is 19.1. The van der Waals surface area contributed by atoms with Crippen molar-refractivity contribution in [2.75, 3.05) is 24.6 Å². The maximum Gasteiger partial charge on any atom is 0.253 e. The lowest BCUT2D eigenvalue weighted by Gasteiger charge is -2.52. The molecular formula is C19H21FN4O2. The summed E-state index contributed by atoms with van der Waals surface area (Å²) in [7, 11) is 0. The van der Waals surface area contributed by atoms with Gasteiger partial charge in [-0.15, -0.1) is 0 Å². The fraction of sp³-hybridized carbons (Fsp3) is 0.421. The topological polar surface area (TPSA) is 58.6 Å². The highest BCUT2D eigenvalue weighted by molar-refractivity contribution is 5.96. The van der Waals surface area contributed by atoms with E-state index in [1.807, 2.05) is 6.92 Å². The quantitative estimate of drug-likeness (QED) is 0.842. The summed E-state index contributed by atoms with van der Waals surface area (Å²) in [6, 6.07) is 6.01. The number of likely N-dealkylation sites (tertiary alicyclic amines) is 1. The van der Waals surface area contributed by atoms with Crippen molar-refractivity contribution < 1.29 is 13.9 Å². The van der Waals surface area contributed by atoms with Crippen molar-refractivity contribution in [3.8, 4) is 0 Å². The van der Waals surface area contributed by atoms with Gasteiger partial charge in [-0.25, -0.2) is 4.39 Å². The molecule has 7 heteroatoms.